The molecular weight excluding hydrogens is 307 g/mol. The number of carbonyl (C=O) groups excluding carboxylic acids is 1. The minimum absolute atomic E-state index is 0.242. The number of methoxy groups -OCH3 is 1. The van der Waals surface area contributed by atoms with Crippen LogP contribution >= 0.6 is 0 Å². The van der Waals surface area contributed by atoms with Crippen LogP contribution in [0, 0.1) is 18.7 Å². The van der Waals surface area contributed by atoms with Crippen molar-refractivity contribution in [3.63, 3.8) is 0 Å². The van der Waals surface area contributed by atoms with Gasteiger partial charge in [-0.2, -0.15) is 0 Å². The van der Waals surface area contributed by atoms with Crippen molar-refractivity contribution in [3.05, 3.63) is 52.6 Å². The average Bonchev–Trinajstić information content (AvgIpc) is 2.54. The largest absolute Gasteiger partial charge is 0.465 e. The third-order valence-electron chi connectivity index (χ3n) is 3.89. The van der Waals surface area contributed by atoms with Crippen LogP contribution in [0.4, 0.5) is 4.39 Å². The van der Waals surface area contributed by atoms with Crippen LogP contribution in [0.5, 0.6) is 0 Å². The molecule has 0 bridgehead atoms. The number of hydrogen-bond donors (Lipinski definition) is 1. The van der Waals surface area contributed by atoms with Gasteiger partial charge >= 0.3 is 5.97 Å². The van der Waals surface area contributed by atoms with Crippen molar-refractivity contribution < 1.29 is 13.9 Å². The molecule has 1 aromatic carbocycles. The van der Waals surface area contributed by atoms with Crippen LogP contribution in [0.1, 0.15) is 41.2 Å². The third-order valence-corrected chi connectivity index (χ3v) is 3.89. The Balaban J connectivity index is 2.81. The van der Waals surface area contributed by atoms with E-state index in [-0.39, 0.29) is 12.4 Å². The predicted molar refractivity (Wildman–Crippen MR) is 92.1 cm³/mol. The summed E-state index contributed by atoms with van der Waals surface area (Å²) >= 11 is 0. The van der Waals surface area contributed by atoms with E-state index >= 15 is 0 Å². The van der Waals surface area contributed by atoms with E-state index in [1.807, 2.05) is 0 Å². The van der Waals surface area contributed by atoms with Gasteiger partial charge in [0.15, 0.2) is 0 Å². The molecule has 0 aliphatic heterocycles. The molecule has 0 saturated heterocycles. The maximum Gasteiger partial charge on any atom is 0.340 e. The Morgan fingerprint density at radius 2 is 1.92 bits per heavy atom. The lowest BCUT2D eigenvalue weighted by atomic mass is 9.90. The summed E-state index contributed by atoms with van der Waals surface area (Å²) in [5.74, 6) is -0.404. The number of halogens is 1. The quantitative estimate of drug-likeness (QED) is 0.850. The molecule has 1 heterocycles. The molecule has 128 valence electrons. The number of pyridine rings is 1. The molecule has 0 amide bonds. The van der Waals surface area contributed by atoms with E-state index in [1.165, 1.54) is 19.2 Å². The zero-order chi connectivity index (χ0) is 17.9. The fourth-order valence-corrected chi connectivity index (χ4v) is 2.86. The second kappa shape index (κ2) is 7.53. The molecule has 0 unspecified atom stereocenters. The van der Waals surface area contributed by atoms with Crippen molar-refractivity contribution in [2.24, 2.45) is 11.7 Å². The first kappa shape index (κ1) is 18.1. The molecule has 0 fully saturated rings. The van der Waals surface area contributed by atoms with Gasteiger partial charge in [0.25, 0.3) is 0 Å². The summed E-state index contributed by atoms with van der Waals surface area (Å²) in [5.41, 5.74) is 10.1. The highest BCUT2D eigenvalue weighted by molar-refractivity contribution is 5.99. The molecule has 0 atom stereocenters. The normalized spacial score (nSPS) is 11.0. The lowest BCUT2D eigenvalue weighted by Crippen LogP contribution is -2.16. The number of aromatic nitrogens is 1. The van der Waals surface area contributed by atoms with E-state index in [2.05, 4.69) is 18.8 Å². The minimum Gasteiger partial charge on any atom is -0.465 e. The zero-order valence-corrected chi connectivity index (χ0v) is 14.5. The van der Waals surface area contributed by atoms with E-state index < -0.39 is 5.97 Å². The lowest BCUT2D eigenvalue weighted by Gasteiger charge is -2.19. The Bertz CT molecular complexity index is 740. The Morgan fingerprint density at radius 1 is 1.29 bits per heavy atom. The number of rotatable bonds is 5. The van der Waals surface area contributed by atoms with Crippen LogP contribution in [0.25, 0.3) is 11.1 Å². The van der Waals surface area contributed by atoms with E-state index in [0.29, 0.717) is 22.7 Å². The van der Waals surface area contributed by atoms with Gasteiger partial charge in [-0.3, -0.25) is 4.98 Å². The van der Waals surface area contributed by atoms with Gasteiger partial charge < -0.3 is 10.5 Å². The van der Waals surface area contributed by atoms with Gasteiger partial charge in [0, 0.05) is 17.8 Å². The maximum atomic E-state index is 13.3. The van der Waals surface area contributed by atoms with Crippen molar-refractivity contribution in [2.75, 3.05) is 7.11 Å². The topological polar surface area (TPSA) is 65.2 Å². The Labute approximate surface area is 141 Å². The van der Waals surface area contributed by atoms with Crippen molar-refractivity contribution >= 4 is 5.97 Å². The van der Waals surface area contributed by atoms with Crippen molar-refractivity contribution in [2.45, 2.75) is 33.7 Å². The molecule has 5 heteroatoms. The predicted octanol–water partition coefficient (Wildman–Crippen LogP) is 3.64. The van der Waals surface area contributed by atoms with Gasteiger partial charge in [0.2, 0.25) is 0 Å². The summed E-state index contributed by atoms with van der Waals surface area (Å²) in [6.07, 6.45) is 0.753. The standard InChI is InChI=1S/C19H23FN2O2/c1-11(2)9-16-15(10-21)18(13-5-7-14(20)8-6-13)17(12(3)22-16)19(23)24-4/h5-8,11H,9-10,21H2,1-4H3. The highest BCUT2D eigenvalue weighted by atomic mass is 19.1. The summed E-state index contributed by atoms with van der Waals surface area (Å²) in [6, 6.07) is 6.03. The molecule has 0 saturated carbocycles. The first-order valence-electron chi connectivity index (χ1n) is 7.95. The fraction of sp³-hybridized carbons (Fsp3) is 0.368. The zero-order valence-electron chi connectivity index (χ0n) is 14.5. The summed E-state index contributed by atoms with van der Waals surface area (Å²) in [5, 5.41) is 0. The van der Waals surface area contributed by atoms with Crippen molar-refractivity contribution in [1.82, 2.24) is 4.98 Å². The number of nitrogens with zero attached hydrogens (tertiary/aromatic N) is 1. The molecule has 1 aromatic heterocycles. The van der Waals surface area contributed by atoms with Crippen LogP contribution in [-0.4, -0.2) is 18.1 Å². The number of nitrogens with two attached hydrogens (primary N) is 1. The number of ether oxygens (including phenoxy) is 1. The first-order chi connectivity index (χ1) is 11.4. The number of aryl methyl sites for hydroxylation is 1. The van der Waals surface area contributed by atoms with E-state index in [9.17, 15) is 9.18 Å². The molecular formula is C19H23FN2O2. The number of carbonyl (C=O) groups is 1. The maximum absolute atomic E-state index is 13.3. The van der Waals surface area contributed by atoms with Crippen LogP contribution < -0.4 is 5.73 Å². The molecule has 0 spiro atoms. The molecule has 0 aliphatic rings. The van der Waals surface area contributed by atoms with Crippen LogP contribution in [-0.2, 0) is 17.7 Å². The smallest absolute Gasteiger partial charge is 0.340 e. The fourth-order valence-electron chi connectivity index (χ4n) is 2.86. The van der Waals surface area contributed by atoms with E-state index in [0.717, 1.165) is 23.2 Å². The van der Waals surface area contributed by atoms with Crippen LogP contribution in [0.15, 0.2) is 24.3 Å². The van der Waals surface area contributed by atoms with Gasteiger partial charge in [-0.15, -0.1) is 0 Å². The Hall–Kier alpha value is -2.27. The average molecular weight is 330 g/mol. The second-order valence-electron chi connectivity index (χ2n) is 6.17. The molecule has 2 N–H and O–H groups in total. The Morgan fingerprint density at radius 3 is 2.42 bits per heavy atom. The summed E-state index contributed by atoms with van der Waals surface area (Å²) < 4.78 is 18.2. The first-order valence-corrected chi connectivity index (χ1v) is 7.95. The molecule has 2 rings (SSSR count). The van der Waals surface area contributed by atoms with Crippen LogP contribution in [0.2, 0.25) is 0 Å². The van der Waals surface area contributed by atoms with Gasteiger partial charge in [-0.1, -0.05) is 26.0 Å². The van der Waals surface area contributed by atoms with Gasteiger partial charge in [-0.25, -0.2) is 9.18 Å². The van der Waals surface area contributed by atoms with E-state index in [1.54, 1.807) is 19.1 Å². The van der Waals surface area contributed by atoms with Gasteiger partial charge in [0.1, 0.15) is 5.82 Å². The molecule has 2 aromatic rings. The lowest BCUT2D eigenvalue weighted by molar-refractivity contribution is 0.0600. The molecule has 0 aliphatic carbocycles. The molecule has 24 heavy (non-hydrogen) atoms. The van der Waals surface area contributed by atoms with E-state index in [4.69, 9.17) is 10.5 Å². The number of esters is 1. The number of benzene rings is 1. The second-order valence-corrected chi connectivity index (χ2v) is 6.17. The van der Waals surface area contributed by atoms with Crippen LogP contribution in [0.3, 0.4) is 0 Å². The van der Waals surface area contributed by atoms with Crippen molar-refractivity contribution in [1.29, 1.82) is 0 Å². The molecule has 4 nitrogen and oxygen atoms in total. The highest BCUT2D eigenvalue weighted by Gasteiger charge is 2.24. The minimum atomic E-state index is -0.467. The SMILES string of the molecule is COC(=O)c1c(C)nc(CC(C)C)c(CN)c1-c1ccc(F)cc1. The van der Waals surface area contributed by atoms with Crippen molar-refractivity contribution in [3.8, 4) is 11.1 Å². The molecule has 0 radical (unpaired) electrons. The van der Waals surface area contributed by atoms with Gasteiger partial charge in [-0.05, 0) is 42.5 Å². The van der Waals surface area contributed by atoms with Gasteiger partial charge in [0.05, 0.1) is 18.4 Å². The number of hydrogen-bond acceptors (Lipinski definition) is 4. The Kier molecular flexibility index (Phi) is 5.67. The summed E-state index contributed by atoms with van der Waals surface area (Å²) in [6.45, 7) is 6.22. The third kappa shape index (κ3) is 3.62. The summed E-state index contributed by atoms with van der Waals surface area (Å²) in [7, 11) is 1.33. The monoisotopic (exact) mass is 330 g/mol. The highest BCUT2D eigenvalue weighted by Crippen LogP contribution is 2.32. The summed E-state index contributed by atoms with van der Waals surface area (Å²) in [4.78, 5) is 16.9.